The predicted molar refractivity (Wildman–Crippen MR) is 78.0 cm³/mol. The van der Waals surface area contributed by atoms with Gasteiger partial charge in [-0.1, -0.05) is 28.9 Å². The molecule has 1 aromatic carbocycles. The highest BCUT2D eigenvalue weighted by molar-refractivity contribution is 9.10. The molecule has 18 heavy (non-hydrogen) atoms. The fourth-order valence-electron chi connectivity index (χ4n) is 2.09. The second-order valence-electron chi connectivity index (χ2n) is 4.28. The molecule has 1 aromatic heterocycles. The first-order valence-corrected chi connectivity index (χ1v) is 7.06. The summed E-state index contributed by atoms with van der Waals surface area (Å²) < 4.78 is 3.24. The third-order valence-electron chi connectivity index (χ3n) is 2.91. The molecule has 2 rings (SSSR count). The molecule has 2 aromatic rings. The summed E-state index contributed by atoms with van der Waals surface area (Å²) in [6, 6.07) is 6.32. The Bertz CT molecular complexity index is 520. The molecule has 0 aliphatic carbocycles. The van der Waals surface area contributed by atoms with Crippen LogP contribution in [0.3, 0.4) is 0 Å². The average Bonchev–Trinajstić information content (AvgIpc) is 2.80. The molecule has 1 heterocycles. The fourth-order valence-corrected chi connectivity index (χ4v) is 2.44. The highest BCUT2D eigenvalue weighted by Crippen LogP contribution is 2.22. The summed E-state index contributed by atoms with van der Waals surface area (Å²) in [5.74, 6) is 1.11. The zero-order chi connectivity index (χ0) is 13.0. The Kier molecular flexibility index (Phi) is 4.55. The minimum atomic E-state index is 0.659. The molecule has 0 bridgehead atoms. The topological polar surface area (TPSA) is 43.8 Å². The Labute approximate surface area is 116 Å². The first-order valence-electron chi connectivity index (χ1n) is 6.27. The van der Waals surface area contributed by atoms with Crippen LogP contribution in [-0.4, -0.2) is 16.1 Å². The highest BCUT2D eigenvalue weighted by atomic mass is 79.9. The average molecular weight is 308 g/mol. The van der Waals surface area contributed by atoms with E-state index in [0.717, 1.165) is 29.6 Å². The molecular formula is C14H18BrN3. The van der Waals surface area contributed by atoms with Gasteiger partial charge in [-0.2, -0.15) is 0 Å². The second-order valence-corrected chi connectivity index (χ2v) is 5.19. The lowest BCUT2D eigenvalue weighted by molar-refractivity contribution is 0.801. The van der Waals surface area contributed by atoms with Crippen molar-refractivity contribution in [1.29, 1.82) is 0 Å². The van der Waals surface area contributed by atoms with Crippen LogP contribution in [0.15, 0.2) is 35.1 Å². The summed E-state index contributed by atoms with van der Waals surface area (Å²) in [5, 5.41) is 0. The molecule has 96 valence electrons. The van der Waals surface area contributed by atoms with E-state index in [2.05, 4.69) is 50.6 Å². The standard InChI is InChI=1S/C14H18BrN3/c1-2-3-14-17-8-9-18(14)13-10-12(15)5-4-11(13)6-7-16/h4-5,8-10H,2-3,6-7,16H2,1H3. The van der Waals surface area contributed by atoms with Gasteiger partial charge in [-0.3, -0.25) is 0 Å². The van der Waals surface area contributed by atoms with Gasteiger partial charge in [0, 0.05) is 23.3 Å². The molecule has 3 nitrogen and oxygen atoms in total. The Morgan fingerprint density at radius 1 is 1.33 bits per heavy atom. The minimum absolute atomic E-state index is 0.659. The van der Waals surface area contributed by atoms with Crippen LogP contribution in [0.4, 0.5) is 0 Å². The molecule has 4 heteroatoms. The number of nitrogens with two attached hydrogens (primary N) is 1. The van der Waals surface area contributed by atoms with Crippen molar-refractivity contribution in [2.24, 2.45) is 5.73 Å². The van der Waals surface area contributed by atoms with Crippen LogP contribution in [0.1, 0.15) is 24.7 Å². The maximum absolute atomic E-state index is 5.68. The fraction of sp³-hybridized carbons (Fsp3) is 0.357. The van der Waals surface area contributed by atoms with E-state index in [1.807, 2.05) is 12.4 Å². The van der Waals surface area contributed by atoms with E-state index in [-0.39, 0.29) is 0 Å². The molecule has 0 aliphatic rings. The number of hydrogen-bond donors (Lipinski definition) is 1. The minimum Gasteiger partial charge on any atom is -0.330 e. The lowest BCUT2D eigenvalue weighted by atomic mass is 10.1. The Balaban J connectivity index is 2.47. The number of aryl methyl sites for hydroxylation is 1. The number of benzene rings is 1. The summed E-state index contributed by atoms with van der Waals surface area (Å²) in [6.45, 7) is 2.83. The second kappa shape index (κ2) is 6.16. The van der Waals surface area contributed by atoms with Crippen LogP contribution in [0, 0.1) is 0 Å². The SMILES string of the molecule is CCCc1nccn1-c1cc(Br)ccc1CCN. The normalized spacial score (nSPS) is 10.8. The van der Waals surface area contributed by atoms with E-state index in [4.69, 9.17) is 5.73 Å². The molecule has 0 spiro atoms. The van der Waals surface area contributed by atoms with Crippen molar-refractivity contribution in [2.45, 2.75) is 26.2 Å². The van der Waals surface area contributed by atoms with Crippen LogP contribution in [0.2, 0.25) is 0 Å². The maximum atomic E-state index is 5.68. The molecule has 0 saturated carbocycles. The van der Waals surface area contributed by atoms with Crippen molar-refractivity contribution >= 4 is 15.9 Å². The summed E-state index contributed by atoms with van der Waals surface area (Å²) in [5.41, 5.74) is 8.12. The summed E-state index contributed by atoms with van der Waals surface area (Å²) in [7, 11) is 0. The number of nitrogens with zero attached hydrogens (tertiary/aromatic N) is 2. The number of halogens is 1. The van der Waals surface area contributed by atoms with E-state index in [0.29, 0.717) is 6.54 Å². The zero-order valence-electron chi connectivity index (χ0n) is 10.6. The van der Waals surface area contributed by atoms with Crippen molar-refractivity contribution in [1.82, 2.24) is 9.55 Å². The summed E-state index contributed by atoms with van der Waals surface area (Å²) in [6.07, 6.45) is 6.84. The number of aromatic nitrogens is 2. The Morgan fingerprint density at radius 2 is 2.17 bits per heavy atom. The molecular weight excluding hydrogens is 290 g/mol. The predicted octanol–water partition coefficient (Wildman–Crippen LogP) is 3.09. The molecule has 0 atom stereocenters. The molecule has 0 unspecified atom stereocenters. The van der Waals surface area contributed by atoms with Gasteiger partial charge in [0.25, 0.3) is 0 Å². The van der Waals surface area contributed by atoms with Crippen molar-refractivity contribution in [2.75, 3.05) is 6.54 Å². The number of imidazole rings is 1. The molecule has 0 fully saturated rings. The number of rotatable bonds is 5. The van der Waals surface area contributed by atoms with Gasteiger partial charge in [-0.15, -0.1) is 0 Å². The smallest absolute Gasteiger partial charge is 0.113 e. The van der Waals surface area contributed by atoms with Gasteiger partial charge in [0.15, 0.2) is 0 Å². The van der Waals surface area contributed by atoms with Gasteiger partial charge in [0.05, 0.1) is 5.69 Å². The van der Waals surface area contributed by atoms with Gasteiger partial charge in [-0.25, -0.2) is 4.98 Å². The lowest BCUT2D eigenvalue weighted by Gasteiger charge is -2.13. The van der Waals surface area contributed by atoms with Crippen molar-refractivity contribution in [3.05, 3.63) is 46.5 Å². The monoisotopic (exact) mass is 307 g/mol. The highest BCUT2D eigenvalue weighted by Gasteiger charge is 2.09. The third kappa shape index (κ3) is 2.82. The largest absolute Gasteiger partial charge is 0.330 e. The van der Waals surface area contributed by atoms with Crippen molar-refractivity contribution in [3.8, 4) is 5.69 Å². The summed E-state index contributed by atoms with van der Waals surface area (Å²) >= 11 is 3.53. The van der Waals surface area contributed by atoms with E-state index in [1.165, 1.54) is 11.3 Å². The maximum Gasteiger partial charge on any atom is 0.113 e. The molecule has 0 aliphatic heterocycles. The lowest BCUT2D eigenvalue weighted by Crippen LogP contribution is -2.08. The van der Waals surface area contributed by atoms with Crippen LogP contribution < -0.4 is 5.73 Å². The van der Waals surface area contributed by atoms with Gasteiger partial charge < -0.3 is 10.3 Å². The third-order valence-corrected chi connectivity index (χ3v) is 3.40. The van der Waals surface area contributed by atoms with Crippen LogP contribution in [0.25, 0.3) is 5.69 Å². The quantitative estimate of drug-likeness (QED) is 0.922. The molecule has 2 N–H and O–H groups in total. The molecule has 0 saturated heterocycles. The number of hydrogen-bond acceptors (Lipinski definition) is 2. The van der Waals surface area contributed by atoms with Gasteiger partial charge in [0.2, 0.25) is 0 Å². The van der Waals surface area contributed by atoms with E-state index >= 15 is 0 Å². The zero-order valence-corrected chi connectivity index (χ0v) is 12.2. The van der Waals surface area contributed by atoms with Gasteiger partial charge in [0.1, 0.15) is 5.82 Å². The first kappa shape index (κ1) is 13.3. The molecule has 0 amide bonds. The van der Waals surface area contributed by atoms with Crippen LogP contribution in [-0.2, 0) is 12.8 Å². The van der Waals surface area contributed by atoms with E-state index < -0.39 is 0 Å². The Hall–Kier alpha value is -1.13. The van der Waals surface area contributed by atoms with Crippen molar-refractivity contribution in [3.63, 3.8) is 0 Å². The van der Waals surface area contributed by atoms with E-state index in [9.17, 15) is 0 Å². The van der Waals surface area contributed by atoms with E-state index in [1.54, 1.807) is 0 Å². The van der Waals surface area contributed by atoms with Gasteiger partial charge in [-0.05, 0) is 37.1 Å². The van der Waals surface area contributed by atoms with Gasteiger partial charge >= 0.3 is 0 Å². The molecule has 0 radical (unpaired) electrons. The first-order chi connectivity index (χ1) is 8.76. The van der Waals surface area contributed by atoms with Crippen LogP contribution in [0.5, 0.6) is 0 Å². The Morgan fingerprint density at radius 3 is 2.89 bits per heavy atom. The van der Waals surface area contributed by atoms with Crippen molar-refractivity contribution < 1.29 is 0 Å². The van der Waals surface area contributed by atoms with Crippen LogP contribution >= 0.6 is 15.9 Å². The summed E-state index contributed by atoms with van der Waals surface area (Å²) in [4.78, 5) is 4.43.